The lowest BCUT2D eigenvalue weighted by Gasteiger charge is -2.10. The standard InChI is InChI=1S/C11H13ClN2O3/c12-7-8-3-1-2-4-9(8)10(14-16)11(13)17-6-5-15/h1-4,13,15-16H,5-7H2/b13-11?,14-10+. The number of rotatable bonds is 5. The van der Waals surface area contributed by atoms with E-state index in [1.165, 1.54) is 0 Å². The summed E-state index contributed by atoms with van der Waals surface area (Å²) in [5, 5.41) is 28.2. The van der Waals surface area contributed by atoms with Crippen LogP contribution in [-0.4, -0.2) is 35.1 Å². The molecule has 0 aliphatic rings. The smallest absolute Gasteiger partial charge is 0.236 e. The van der Waals surface area contributed by atoms with Crippen molar-refractivity contribution >= 4 is 23.2 Å². The first-order valence-corrected chi connectivity index (χ1v) is 5.47. The quantitative estimate of drug-likeness (QED) is 0.246. The molecule has 0 aliphatic heterocycles. The van der Waals surface area contributed by atoms with Gasteiger partial charge in [0.05, 0.1) is 6.61 Å². The highest BCUT2D eigenvalue weighted by atomic mass is 35.5. The minimum Gasteiger partial charge on any atom is -0.474 e. The molecule has 0 radical (unpaired) electrons. The number of nitrogens with one attached hydrogen (secondary N) is 1. The Balaban J connectivity index is 2.98. The van der Waals surface area contributed by atoms with Crippen molar-refractivity contribution < 1.29 is 15.1 Å². The molecule has 5 nitrogen and oxygen atoms in total. The van der Waals surface area contributed by atoms with Gasteiger partial charge in [-0.05, 0) is 5.56 Å². The lowest BCUT2D eigenvalue weighted by atomic mass is 10.0. The largest absolute Gasteiger partial charge is 0.474 e. The Morgan fingerprint density at radius 2 is 2.12 bits per heavy atom. The van der Waals surface area contributed by atoms with Crippen molar-refractivity contribution in [3.8, 4) is 0 Å². The van der Waals surface area contributed by atoms with Crippen LogP contribution in [0.25, 0.3) is 0 Å². The van der Waals surface area contributed by atoms with E-state index in [0.29, 0.717) is 5.56 Å². The van der Waals surface area contributed by atoms with Crippen molar-refractivity contribution in [2.45, 2.75) is 5.88 Å². The van der Waals surface area contributed by atoms with Crippen molar-refractivity contribution in [2.24, 2.45) is 5.16 Å². The van der Waals surface area contributed by atoms with E-state index in [-0.39, 0.29) is 30.7 Å². The van der Waals surface area contributed by atoms with Gasteiger partial charge in [-0.1, -0.05) is 29.4 Å². The highest BCUT2D eigenvalue weighted by Gasteiger charge is 2.15. The maximum atomic E-state index is 8.93. The summed E-state index contributed by atoms with van der Waals surface area (Å²) in [7, 11) is 0. The zero-order valence-corrected chi connectivity index (χ0v) is 9.81. The Morgan fingerprint density at radius 3 is 2.71 bits per heavy atom. The molecular formula is C11H13ClN2O3. The SMILES string of the molecule is N=C(OCCO)/C(=N/O)c1ccccc1CCl. The van der Waals surface area contributed by atoms with Gasteiger partial charge >= 0.3 is 0 Å². The number of nitrogens with zero attached hydrogens (tertiary/aromatic N) is 1. The number of hydrogen-bond acceptors (Lipinski definition) is 5. The summed E-state index contributed by atoms with van der Waals surface area (Å²) in [6.07, 6.45) is 0. The van der Waals surface area contributed by atoms with E-state index in [2.05, 4.69) is 5.16 Å². The first-order valence-electron chi connectivity index (χ1n) is 4.93. The lowest BCUT2D eigenvalue weighted by molar-refractivity contribution is 0.194. The van der Waals surface area contributed by atoms with Crippen LogP contribution < -0.4 is 0 Å². The Morgan fingerprint density at radius 1 is 1.41 bits per heavy atom. The third-order valence-electron chi connectivity index (χ3n) is 2.07. The molecule has 3 N–H and O–H groups in total. The summed E-state index contributed by atoms with van der Waals surface area (Å²) in [5.41, 5.74) is 1.27. The number of benzene rings is 1. The van der Waals surface area contributed by atoms with Crippen LogP contribution in [0.3, 0.4) is 0 Å². The topological polar surface area (TPSA) is 85.9 Å². The number of oxime groups is 1. The van der Waals surface area contributed by atoms with Gasteiger partial charge in [0.25, 0.3) is 0 Å². The summed E-state index contributed by atoms with van der Waals surface area (Å²) in [5.74, 6) is -0.0678. The summed E-state index contributed by atoms with van der Waals surface area (Å²) >= 11 is 5.75. The fourth-order valence-corrected chi connectivity index (χ4v) is 1.54. The molecule has 1 rings (SSSR count). The molecule has 1 aromatic carbocycles. The van der Waals surface area contributed by atoms with Crippen LogP contribution in [0, 0.1) is 5.41 Å². The fourth-order valence-electron chi connectivity index (χ4n) is 1.31. The number of aliphatic hydroxyl groups is 1. The zero-order valence-electron chi connectivity index (χ0n) is 9.06. The molecule has 0 fully saturated rings. The molecule has 92 valence electrons. The van der Waals surface area contributed by atoms with E-state index >= 15 is 0 Å². The Kier molecular flexibility index (Phi) is 5.45. The molecule has 0 spiro atoms. The second kappa shape index (κ2) is 6.88. The van der Waals surface area contributed by atoms with E-state index in [1.807, 2.05) is 0 Å². The highest BCUT2D eigenvalue weighted by molar-refractivity contribution is 6.44. The molecule has 0 heterocycles. The third-order valence-corrected chi connectivity index (χ3v) is 2.36. The van der Waals surface area contributed by atoms with Crippen molar-refractivity contribution in [1.29, 1.82) is 5.41 Å². The van der Waals surface area contributed by atoms with Crippen LogP contribution in [0.15, 0.2) is 29.4 Å². The van der Waals surface area contributed by atoms with Gasteiger partial charge in [0, 0.05) is 11.4 Å². The molecule has 1 aromatic rings. The van der Waals surface area contributed by atoms with E-state index in [1.54, 1.807) is 24.3 Å². The van der Waals surface area contributed by atoms with Crippen LogP contribution in [0.4, 0.5) is 0 Å². The molecule has 0 atom stereocenters. The maximum absolute atomic E-state index is 8.93. The van der Waals surface area contributed by atoms with Crippen LogP contribution in [-0.2, 0) is 10.6 Å². The monoisotopic (exact) mass is 256 g/mol. The van der Waals surface area contributed by atoms with Crippen LogP contribution in [0.1, 0.15) is 11.1 Å². The first-order chi connectivity index (χ1) is 8.24. The predicted octanol–water partition coefficient (Wildman–Crippen LogP) is 1.59. The molecule has 0 aliphatic carbocycles. The Bertz CT molecular complexity index is 421. The van der Waals surface area contributed by atoms with E-state index in [9.17, 15) is 0 Å². The van der Waals surface area contributed by atoms with Gasteiger partial charge in [-0.25, -0.2) is 0 Å². The first kappa shape index (κ1) is 13.5. The summed E-state index contributed by atoms with van der Waals surface area (Å²) in [6.45, 7) is -0.237. The average molecular weight is 257 g/mol. The number of halogens is 1. The van der Waals surface area contributed by atoms with E-state index in [4.69, 9.17) is 32.1 Å². The normalized spacial score (nSPS) is 11.3. The number of ether oxygens (including phenoxy) is 1. The van der Waals surface area contributed by atoms with E-state index < -0.39 is 0 Å². The average Bonchev–Trinajstić information content (AvgIpc) is 2.37. The molecule has 6 heteroatoms. The van der Waals surface area contributed by atoms with Crippen LogP contribution in [0.2, 0.25) is 0 Å². The molecule has 17 heavy (non-hydrogen) atoms. The lowest BCUT2D eigenvalue weighted by Crippen LogP contribution is -2.21. The second-order valence-electron chi connectivity index (χ2n) is 3.14. The molecule has 0 unspecified atom stereocenters. The molecule has 0 saturated carbocycles. The second-order valence-corrected chi connectivity index (χ2v) is 3.41. The Hall–Kier alpha value is -1.59. The maximum Gasteiger partial charge on any atom is 0.236 e. The van der Waals surface area contributed by atoms with Gasteiger partial charge in [-0.2, -0.15) is 0 Å². The molecule has 0 saturated heterocycles. The minimum atomic E-state index is -0.306. The molecular weight excluding hydrogens is 244 g/mol. The van der Waals surface area contributed by atoms with Gasteiger partial charge < -0.3 is 15.1 Å². The van der Waals surface area contributed by atoms with Crippen molar-refractivity contribution in [3.05, 3.63) is 35.4 Å². The molecule has 0 aromatic heterocycles. The Labute approximate surface area is 104 Å². The van der Waals surface area contributed by atoms with Gasteiger partial charge in [0.2, 0.25) is 5.90 Å². The molecule has 0 bridgehead atoms. The minimum absolute atomic E-state index is 0.00491. The summed E-state index contributed by atoms with van der Waals surface area (Å²) in [6, 6.07) is 7.00. The number of alkyl halides is 1. The van der Waals surface area contributed by atoms with Crippen LogP contribution >= 0.6 is 11.6 Å². The molecule has 0 amide bonds. The van der Waals surface area contributed by atoms with Crippen LogP contribution in [0.5, 0.6) is 0 Å². The van der Waals surface area contributed by atoms with Gasteiger partial charge in [-0.3, -0.25) is 5.41 Å². The summed E-state index contributed by atoms with van der Waals surface area (Å²) < 4.78 is 4.90. The predicted molar refractivity (Wildman–Crippen MR) is 65.1 cm³/mol. The number of hydrogen-bond donors (Lipinski definition) is 3. The van der Waals surface area contributed by atoms with Gasteiger partial charge in [0.15, 0.2) is 5.71 Å². The van der Waals surface area contributed by atoms with Gasteiger partial charge in [-0.15, -0.1) is 11.6 Å². The van der Waals surface area contributed by atoms with Crippen molar-refractivity contribution in [2.75, 3.05) is 13.2 Å². The zero-order chi connectivity index (χ0) is 12.7. The highest BCUT2D eigenvalue weighted by Crippen LogP contribution is 2.13. The van der Waals surface area contributed by atoms with Gasteiger partial charge in [0.1, 0.15) is 6.61 Å². The fraction of sp³-hybridized carbons (Fsp3) is 0.273. The van der Waals surface area contributed by atoms with E-state index in [0.717, 1.165) is 5.56 Å². The number of aliphatic hydroxyl groups excluding tert-OH is 1. The third kappa shape index (κ3) is 3.44. The van der Waals surface area contributed by atoms with Crippen molar-refractivity contribution in [3.63, 3.8) is 0 Å². The summed E-state index contributed by atoms with van der Waals surface area (Å²) in [4.78, 5) is 0. The van der Waals surface area contributed by atoms with Crippen molar-refractivity contribution in [1.82, 2.24) is 0 Å².